The third kappa shape index (κ3) is 1.96. The van der Waals surface area contributed by atoms with Gasteiger partial charge in [0, 0.05) is 5.39 Å². The number of rotatable bonds is 4. The Morgan fingerprint density at radius 3 is 2.88 bits per heavy atom. The van der Waals surface area contributed by atoms with Gasteiger partial charge in [-0.3, -0.25) is 5.84 Å². The van der Waals surface area contributed by atoms with Crippen molar-refractivity contribution in [2.24, 2.45) is 5.84 Å². The number of hydrogen-bond acceptors (Lipinski definition) is 3. The highest BCUT2D eigenvalue weighted by Gasteiger charge is 2.14. The van der Waals surface area contributed by atoms with Gasteiger partial charge in [0.15, 0.2) is 0 Å². The van der Waals surface area contributed by atoms with Crippen LogP contribution in [0.4, 0.5) is 0 Å². The van der Waals surface area contributed by atoms with Gasteiger partial charge in [-0.05, 0) is 25.0 Å². The van der Waals surface area contributed by atoms with Gasteiger partial charge in [-0.15, -0.1) is 0 Å². The summed E-state index contributed by atoms with van der Waals surface area (Å²) in [5, 5.41) is 1.14. The molecule has 1 unspecified atom stereocenters. The van der Waals surface area contributed by atoms with Crippen LogP contribution in [-0.2, 0) is 0 Å². The Kier molecular flexibility index (Phi) is 3.27. The van der Waals surface area contributed by atoms with E-state index in [-0.39, 0.29) is 6.04 Å². The van der Waals surface area contributed by atoms with Gasteiger partial charge in [-0.1, -0.05) is 31.5 Å². The summed E-state index contributed by atoms with van der Waals surface area (Å²) < 4.78 is 5.86. The summed E-state index contributed by atoms with van der Waals surface area (Å²) in [6, 6.07) is 8.34. The van der Waals surface area contributed by atoms with Crippen LogP contribution in [0.25, 0.3) is 11.0 Å². The summed E-state index contributed by atoms with van der Waals surface area (Å²) >= 11 is 0. The Balaban J connectivity index is 2.42. The van der Waals surface area contributed by atoms with Crippen LogP contribution in [0.1, 0.15) is 37.1 Å². The average molecular weight is 218 g/mol. The Hall–Kier alpha value is -1.32. The lowest BCUT2D eigenvalue weighted by atomic mass is 10.1. The fraction of sp³-hybridized carbons (Fsp3) is 0.385. The molecule has 1 aromatic carbocycles. The van der Waals surface area contributed by atoms with Gasteiger partial charge in [0.2, 0.25) is 0 Å². The molecule has 1 atom stereocenters. The first kappa shape index (κ1) is 11.2. The van der Waals surface area contributed by atoms with Gasteiger partial charge in [0.05, 0.1) is 6.04 Å². The zero-order valence-corrected chi connectivity index (χ0v) is 9.79. The van der Waals surface area contributed by atoms with E-state index < -0.39 is 0 Å². The number of fused-ring (bicyclic) bond motifs is 1. The van der Waals surface area contributed by atoms with E-state index in [1.54, 1.807) is 0 Å². The number of benzene rings is 1. The topological polar surface area (TPSA) is 51.2 Å². The molecule has 3 nitrogen and oxygen atoms in total. The van der Waals surface area contributed by atoms with Crippen LogP contribution in [0.5, 0.6) is 0 Å². The van der Waals surface area contributed by atoms with Gasteiger partial charge in [0.25, 0.3) is 0 Å². The molecule has 1 aromatic heterocycles. The van der Waals surface area contributed by atoms with Crippen molar-refractivity contribution in [3.05, 3.63) is 35.6 Å². The van der Waals surface area contributed by atoms with Crippen LogP contribution in [-0.4, -0.2) is 0 Å². The van der Waals surface area contributed by atoms with Crippen LogP contribution in [0.2, 0.25) is 0 Å². The van der Waals surface area contributed by atoms with E-state index in [9.17, 15) is 0 Å². The largest absolute Gasteiger partial charge is 0.459 e. The van der Waals surface area contributed by atoms with Crippen LogP contribution in [0.3, 0.4) is 0 Å². The van der Waals surface area contributed by atoms with Crippen LogP contribution < -0.4 is 11.3 Å². The SMILES string of the molecule is CCCC(NN)c1cc2cccc(C)c2o1. The lowest BCUT2D eigenvalue weighted by Gasteiger charge is -2.10. The van der Waals surface area contributed by atoms with Gasteiger partial charge >= 0.3 is 0 Å². The second kappa shape index (κ2) is 4.68. The minimum absolute atomic E-state index is 0.108. The molecule has 0 saturated heterocycles. The third-order valence-electron chi connectivity index (χ3n) is 2.88. The number of hydrazine groups is 1. The van der Waals surface area contributed by atoms with Crippen molar-refractivity contribution >= 4 is 11.0 Å². The number of nitrogens with two attached hydrogens (primary N) is 1. The van der Waals surface area contributed by atoms with Crippen molar-refractivity contribution in [2.75, 3.05) is 0 Å². The van der Waals surface area contributed by atoms with Crippen LogP contribution in [0.15, 0.2) is 28.7 Å². The van der Waals surface area contributed by atoms with Crippen molar-refractivity contribution in [1.82, 2.24) is 5.43 Å². The van der Waals surface area contributed by atoms with Crippen LogP contribution in [0, 0.1) is 6.92 Å². The zero-order chi connectivity index (χ0) is 11.5. The number of aryl methyl sites for hydroxylation is 1. The highest BCUT2D eigenvalue weighted by molar-refractivity contribution is 5.80. The maximum Gasteiger partial charge on any atom is 0.137 e. The van der Waals surface area contributed by atoms with Crippen molar-refractivity contribution in [2.45, 2.75) is 32.7 Å². The predicted octanol–water partition coefficient (Wildman–Crippen LogP) is 3.05. The molecule has 16 heavy (non-hydrogen) atoms. The summed E-state index contributed by atoms with van der Waals surface area (Å²) in [5.41, 5.74) is 4.94. The Morgan fingerprint density at radius 1 is 1.44 bits per heavy atom. The van der Waals surface area contributed by atoms with Crippen molar-refractivity contribution in [1.29, 1.82) is 0 Å². The Labute approximate surface area is 95.6 Å². The molecule has 0 radical (unpaired) electrons. The van der Waals surface area contributed by atoms with E-state index in [2.05, 4.69) is 37.5 Å². The summed E-state index contributed by atoms with van der Waals surface area (Å²) in [6.07, 6.45) is 2.06. The fourth-order valence-corrected chi connectivity index (χ4v) is 2.00. The van der Waals surface area contributed by atoms with E-state index in [0.717, 1.165) is 35.1 Å². The molecule has 3 N–H and O–H groups in total. The number of nitrogens with one attached hydrogen (secondary N) is 1. The fourth-order valence-electron chi connectivity index (χ4n) is 2.00. The molecule has 3 heteroatoms. The number of furan rings is 1. The Bertz CT molecular complexity index is 476. The molecule has 0 aliphatic rings. The summed E-state index contributed by atoms with van der Waals surface area (Å²) in [5.74, 6) is 6.47. The average Bonchev–Trinajstić information content (AvgIpc) is 2.71. The van der Waals surface area contributed by atoms with Gasteiger partial charge in [-0.2, -0.15) is 0 Å². The zero-order valence-electron chi connectivity index (χ0n) is 9.79. The molecule has 0 bridgehead atoms. The molecular weight excluding hydrogens is 200 g/mol. The molecule has 0 amide bonds. The molecule has 0 aliphatic heterocycles. The van der Waals surface area contributed by atoms with Crippen molar-refractivity contribution in [3.8, 4) is 0 Å². The standard InChI is InChI=1S/C13H18N2O/c1-3-5-11(15-14)12-8-10-7-4-6-9(2)13(10)16-12/h4,6-8,11,15H,3,5,14H2,1-2H3. The molecule has 0 saturated carbocycles. The van der Waals surface area contributed by atoms with Gasteiger partial charge in [-0.25, -0.2) is 5.43 Å². The first-order valence-electron chi connectivity index (χ1n) is 5.71. The quantitative estimate of drug-likeness (QED) is 0.612. The minimum atomic E-state index is 0.108. The molecule has 2 rings (SSSR count). The third-order valence-corrected chi connectivity index (χ3v) is 2.88. The first-order chi connectivity index (χ1) is 7.76. The summed E-state index contributed by atoms with van der Waals surface area (Å²) in [4.78, 5) is 0. The molecule has 1 heterocycles. The predicted molar refractivity (Wildman–Crippen MR) is 65.9 cm³/mol. The number of hydrogen-bond donors (Lipinski definition) is 2. The molecular formula is C13H18N2O. The van der Waals surface area contributed by atoms with Crippen molar-refractivity contribution < 1.29 is 4.42 Å². The van der Waals surface area contributed by atoms with Crippen molar-refractivity contribution in [3.63, 3.8) is 0 Å². The smallest absolute Gasteiger partial charge is 0.137 e. The van der Waals surface area contributed by atoms with Gasteiger partial charge in [0.1, 0.15) is 11.3 Å². The second-order valence-corrected chi connectivity index (χ2v) is 4.15. The highest BCUT2D eigenvalue weighted by Crippen LogP contribution is 2.27. The van der Waals surface area contributed by atoms with E-state index in [1.807, 2.05) is 6.07 Å². The summed E-state index contributed by atoms with van der Waals surface area (Å²) in [6.45, 7) is 4.19. The van der Waals surface area contributed by atoms with E-state index in [0.29, 0.717) is 0 Å². The molecule has 86 valence electrons. The van der Waals surface area contributed by atoms with E-state index in [1.165, 1.54) is 0 Å². The highest BCUT2D eigenvalue weighted by atomic mass is 16.3. The van der Waals surface area contributed by atoms with Crippen LogP contribution >= 0.6 is 0 Å². The molecule has 0 aliphatic carbocycles. The Morgan fingerprint density at radius 2 is 2.25 bits per heavy atom. The lowest BCUT2D eigenvalue weighted by molar-refractivity contribution is 0.413. The van der Waals surface area contributed by atoms with Gasteiger partial charge < -0.3 is 4.42 Å². The maximum atomic E-state index is 5.86. The molecule has 0 fully saturated rings. The lowest BCUT2D eigenvalue weighted by Crippen LogP contribution is -2.27. The van der Waals surface area contributed by atoms with E-state index >= 15 is 0 Å². The maximum absolute atomic E-state index is 5.86. The summed E-state index contributed by atoms with van der Waals surface area (Å²) in [7, 11) is 0. The minimum Gasteiger partial charge on any atom is -0.459 e. The first-order valence-corrected chi connectivity index (χ1v) is 5.71. The van der Waals surface area contributed by atoms with E-state index in [4.69, 9.17) is 10.3 Å². The molecule has 2 aromatic rings. The second-order valence-electron chi connectivity index (χ2n) is 4.15. The molecule has 0 spiro atoms. The normalized spacial score (nSPS) is 13.2. The monoisotopic (exact) mass is 218 g/mol. The number of para-hydroxylation sites is 1.